The number of anilines is 1. The van der Waals surface area contributed by atoms with Crippen LogP contribution in [0.15, 0.2) is 89.8 Å². The van der Waals surface area contributed by atoms with Crippen molar-refractivity contribution in [1.82, 2.24) is 14.5 Å². The first-order valence-electron chi connectivity index (χ1n) is 9.51. The van der Waals surface area contributed by atoms with Gasteiger partial charge in [0.1, 0.15) is 5.82 Å². The molecule has 0 aliphatic carbocycles. The smallest absolute Gasteiger partial charge is 0.255 e. The first-order valence-corrected chi connectivity index (χ1v) is 9.51. The van der Waals surface area contributed by atoms with Crippen LogP contribution in [0.25, 0.3) is 33.7 Å². The van der Waals surface area contributed by atoms with E-state index in [1.54, 1.807) is 18.3 Å². The number of hydrogen-bond acceptors (Lipinski definition) is 4. The second kappa shape index (κ2) is 7.33. The van der Waals surface area contributed by atoms with E-state index in [-0.39, 0.29) is 5.91 Å². The number of fused-ring (bicyclic) bond motifs is 1. The third kappa shape index (κ3) is 3.24. The van der Waals surface area contributed by atoms with E-state index in [1.807, 2.05) is 67.7 Å². The van der Waals surface area contributed by atoms with Gasteiger partial charge in [0.15, 0.2) is 12.2 Å². The molecule has 30 heavy (non-hydrogen) atoms. The molecule has 0 spiro atoms. The lowest BCUT2D eigenvalue weighted by molar-refractivity contribution is 0.102. The summed E-state index contributed by atoms with van der Waals surface area (Å²) < 4.78 is 7.34. The van der Waals surface area contributed by atoms with Crippen molar-refractivity contribution < 1.29 is 9.21 Å². The Morgan fingerprint density at radius 1 is 0.933 bits per heavy atom. The van der Waals surface area contributed by atoms with Crippen LogP contribution in [-0.4, -0.2) is 20.4 Å². The van der Waals surface area contributed by atoms with Crippen molar-refractivity contribution in [2.45, 2.75) is 0 Å². The van der Waals surface area contributed by atoms with Crippen molar-refractivity contribution in [3.8, 4) is 22.7 Å². The molecule has 0 bridgehead atoms. The largest absolute Gasteiger partial charge is 0.444 e. The summed E-state index contributed by atoms with van der Waals surface area (Å²) in [6.07, 6.45) is 3.02. The Kier molecular flexibility index (Phi) is 4.37. The van der Waals surface area contributed by atoms with Gasteiger partial charge in [-0.1, -0.05) is 24.3 Å². The molecule has 146 valence electrons. The number of nitrogens with zero attached hydrogens (tertiary/aromatic N) is 3. The lowest BCUT2D eigenvalue weighted by Gasteiger charge is -2.07. The van der Waals surface area contributed by atoms with Gasteiger partial charge in [0.25, 0.3) is 5.91 Å². The zero-order valence-electron chi connectivity index (χ0n) is 16.2. The average molecular weight is 394 g/mol. The SMILES string of the molecule is Cn1c(-c2ccc(NC(=O)c3ccc(-c4cnco4)cc3)cc2)nc2ccccc21. The maximum Gasteiger partial charge on any atom is 0.255 e. The first-order chi connectivity index (χ1) is 14.7. The fraction of sp³-hybridized carbons (Fsp3) is 0.0417. The van der Waals surface area contributed by atoms with E-state index in [1.165, 1.54) is 6.39 Å². The Morgan fingerprint density at radius 3 is 2.37 bits per heavy atom. The number of oxazole rings is 1. The van der Waals surface area contributed by atoms with Gasteiger partial charge in [-0.05, 0) is 48.5 Å². The lowest BCUT2D eigenvalue weighted by atomic mass is 10.1. The molecule has 2 aromatic heterocycles. The standard InChI is InChI=1S/C24H18N4O2/c1-28-21-5-3-2-4-20(21)27-23(28)17-10-12-19(13-11-17)26-24(29)18-8-6-16(7-9-18)22-14-25-15-30-22/h2-15H,1H3,(H,26,29). The molecule has 0 unspecified atom stereocenters. The van der Waals surface area contributed by atoms with Gasteiger partial charge in [-0.2, -0.15) is 0 Å². The molecule has 6 heteroatoms. The average Bonchev–Trinajstić information content (AvgIpc) is 3.43. The number of benzene rings is 3. The second-order valence-electron chi connectivity index (χ2n) is 6.96. The fourth-order valence-corrected chi connectivity index (χ4v) is 3.45. The molecule has 0 fully saturated rings. The zero-order chi connectivity index (χ0) is 20.5. The van der Waals surface area contributed by atoms with Crippen molar-refractivity contribution in [3.63, 3.8) is 0 Å². The summed E-state index contributed by atoms with van der Waals surface area (Å²) in [5.74, 6) is 1.38. The maximum atomic E-state index is 12.6. The van der Waals surface area contributed by atoms with E-state index < -0.39 is 0 Å². The van der Waals surface area contributed by atoms with Crippen molar-refractivity contribution in [1.29, 1.82) is 0 Å². The normalized spacial score (nSPS) is 11.0. The molecule has 0 radical (unpaired) electrons. The quantitative estimate of drug-likeness (QED) is 0.458. The molecular formula is C24H18N4O2. The molecule has 2 heterocycles. The van der Waals surface area contributed by atoms with Crippen molar-refractivity contribution in [3.05, 3.63) is 91.0 Å². The fourth-order valence-electron chi connectivity index (χ4n) is 3.45. The predicted molar refractivity (Wildman–Crippen MR) is 116 cm³/mol. The Labute approximate surface area is 172 Å². The van der Waals surface area contributed by atoms with Crippen LogP contribution in [0.1, 0.15) is 10.4 Å². The van der Waals surface area contributed by atoms with Crippen LogP contribution >= 0.6 is 0 Å². The third-order valence-corrected chi connectivity index (χ3v) is 5.05. The monoisotopic (exact) mass is 394 g/mol. The number of imidazole rings is 1. The molecule has 5 aromatic rings. The van der Waals surface area contributed by atoms with Crippen LogP contribution < -0.4 is 5.32 Å². The van der Waals surface area contributed by atoms with Crippen LogP contribution in [0.5, 0.6) is 0 Å². The summed E-state index contributed by atoms with van der Waals surface area (Å²) in [5, 5.41) is 2.93. The minimum Gasteiger partial charge on any atom is -0.444 e. The highest BCUT2D eigenvalue weighted by molar-refractivity contribution is 6.04. The minimum absolute atomic E-state index is 0.172. The van der Waals surface area contributed by atoms with Crippen molar-refractivity contribution in [2.24, 2.45) is 7.05 Å². The van der Waals surface area contributed by atoms with Crippen LogP contribution in [0, 0.1) is 0 Å². The van der Waals surface area contributed by atoms with Crippen LogP contribution in [0.3, 0.4) is 0 Å². The topological polar surface area (TPSA) is 73.0 Å². The molecular weight excluding hydrogens is 376 g/mol. The molecule has 0 saturated heterocycles. The Bertz CT molecular complexity index is 1320. The van der Waals surface area contributed by atoms with Crippen LogP contribution in [0.4, 0.5) is 5.69 Å². The molecule has 0 aliphatic rings. The third-order valence-electron chi connectivity index (χ3n) is 5.05. The first kappa shape index (κ1) is 17.9. The van der Waals surface area contributed by atoms with E-state index in [9.17, 15) is 4.79 Å². The van der Waals surface area contributed by atoms with Crippen LogP contribution in [0.2, 0.25) is 0 Å². The zero-order valence-corrected chi connectivity index (χ0v) is 16.2. The summed E-state index contributed by atoms with van der Waals surface area (Å²) in [4.78, 5) is 21.2. The van der Waals surface area contributed by atoms with Gasteiger partial charge >= 0.3 is 0 Å². The van der Waals surface area contributed by atoms with Gasteiger partial charge in [0.2, 0.25) is 0 Å². The number of aryl methyl sites for hydroxylation is 1. The van der Waals surface area contributed by atoms with E-state index in [4.69, 9.17) is 9.40 Å². The summed E-state index contributed by atoms with van der Waals surface area (Å²) in [7, 11) is 2.00. The second-order valence-corrected chi connectivity index (χ2v) is 6.96. The number of carbonyl (C=O) groups excluding carboxylic acids is 1. The van der Waals surface area contributed by atoms with E-state index in [0.29, 0.717) is 11.3 Å². The number of carbonyl (C=O) groups is 1. The Morgan fingerprint density at radius 2 is 1.67 bits per heavy atom. The maximum absolute atomic E-state index is 12.6. The summed E-state index contributed by atoms with van der Waals surface area (Å²) in [6.45, 7) is 0. The molecule has 0 atom stereocenters. The Hall–Kier alpha value is -4.19. The number of hydrogen-bond donors (Lipinski definition) is 1. The van der Waals surface area contributed by atoms with Gasteiger partial charge in [0.05, 0.1) is 17.2 Å². The highest BCUT2D eigenvalue weighted by atomic mass is 16.3. The van der Waals surface area contributed by atoms with Crippen LogP contribution in [-0.2, 0) is 7.05 Å². The predicted octanol–water partition coefficient (Wildman–Crippen LogP) is 5.15. The highest BCUT2D eigenvalue weighted by Crippen LogP contribution is 2.25. The molecule has 1 N–H and O–H groups in total. The van der Waals surface area contributed by atoms with Gasteiger partial charge in [-0.25, -0.2) is 9.97 Å². The molecule has 1 amide bonds. The van der Waals surface area contributed by atoms with Gasteiger partial charge in [-0.15, -0.1) is 0 Å². The summed E-state index contributed by atoms with van der Waals surface area (Å²) >= 11 is 0. The van der Waals surface area contributed by atoms with E-state index in [2.05, 4.69) is 14.9 Å². The number of nitrogens with one attached hydrogen (secondary N) is 1. The molecule has 5 rings (SSSR count). The molecule has 3 aromatic carbocycles. The van der Waals surface area contributed by atoms with E-state index in [0.717, 1.165) is 33.7 Å². The number of para-hydroxylation sites is 2. The number of rotatable bonds is 4. The Balaban J connectivity index is 1.33. The minimum atomic E-state index is -0.172. The number of aromatic nitrogens is 3. The molecule has 0 saturated carbocycles. The van der Waals surface area contributed by atoms with E-state index >= 15 is 0 Å². The van der Waals surface area contributed by atoms with Crippen molar-refractivity contribution >= 4 is 22.6 Å². The summed E-state index contributed by atoms with van der Waals surface area (Å²) in [6, 6.07) is 22.9. The molecule has 0 aliphatic heterocycles. The highest BCUT2D eigenvalue weighted by Gasteiger charge is 2.11. The van der Waals surface area contributed by atoms with Crippen molar-refractivity contribution in [2.75, 3.05) is 5.32 Å². The van der Waals surface area contributed by atoms with Gasteiger partial charge in [-0.3, -0.25) is 4.79 Å². The summed E-state index contributed by atoms with van der Waals surface area (Å²) in [5.41, 5.74) is 5.19. The van der Waals surface area contributed by atoms with Gasteiger partial charge < -0.3 is 14.3 Å². The van der Waals surface area contributed by atoms with Gasteiger partial charge in [0, 0.05) is 29.4 Å². The molecule has 6 nitrogen and oxygen atoms in total. The lowest BCUT2D eigenvalue weighted by Crippen LogP contribution is -2.11. The number of amides is 1.